The molecular formula is C23H46N. The third kappa shape index (κ3) is 14.3. The Morgan fingerprint density at radius 3 is 1.46 bits per heavy atom. The molecule has 0 aromatic rings. The number of likely N-dealkylation sites (tertiary alicyclic amines) is 1. The molecule has 0 N–H and O–H groups in total. The number of hydrogen-bond acceptors (Lipinski definition) is 1. The summed E-state index contributed by atoms with van der Waals surface area (Å²) >= 11 is 0. The molecule has 0 bridgehead atoms. The average molecular weight is 337 g/mol. The molecule has 1 nitrogen and oxygen atoms in total. The first-order valence-electron chi connectivity index (χ1n) is 11.5. The van der Waals surface area contributed by atoms with Crippen molar-refractivity contribution in [3.8, 4) is 0 Å². The molecule has 0 spiro atoms. The van der Waals surface area contributed by atoms with E-state index in [0.29, 0.717) is 0 Å². The molecule has 1 aliphatic rings. The van der Waals surface area contributed by atoms with Crippen molar-refractivity contribution in [1.29, 1.82) is 0 Å². The topological polar surface area (TPSA) is 3.24 Å². The van der Waals surface area contributed by atoms with Crippen LogP contribution in [0.4, 0.5) is 0 Å². The lowest BCUT2D eigenvalue weighted by atomic mass is 10.0. The smallest absolute Gasteiger partial charge is 0.0251 e. The van der Waals surface area contributed by atoms with Gasteiger partial charge in [-0.15, -0.1) is 0 Å². The van der Waals surface area contributed by atoms with Crippen molar-refractivity contribution in [1.82, 2.24) is 4.90 Å². The summed E-state index contributed by atoms with van der Waals surface area (Å²) in [6.45, 7) is 7.38. The van der Waals surface area contributed by atoms with E-state index in [-0.39, 0.29) is 0 Å². The molecular weight excluding hydrogens is 290 g/mol. The van der Waals surface area contributed by atoms with Gasteiger partial charge >= 0.3 is 0 Å². The molecule has 0 atom stereocenters. The molecule has 0 amide bonds. The van der Waals surface area contributed by atoms with Crippen LogP contribution in [0.1, 0.15) is 129 Å². The van der Waals surface area contributed by atoms with Crippen molar-refractivity contribution in [3.05, 3.63) is 6.54 Å². The van der Waals surface area contributed by atoms with Crippen LogP contribution in [-0.2, 0) is 0 Å². The molecule has 1 fully saturated rings. The van der Waals surface area contributed by atoms with E-state index in [1.54, 1.807) is 0 Å². The van der Waals surface area contributed by atoms with E-state index >= 15 is 0 Å². The van der Waals surface area contributed by atoms with Crippen LogP contribution in [0.2, 0.25) is 0 Å². The van der Waals surface area contributed by atoms with E-state index in [9.17, 15) is 0 Å². The van der Waals surface area contributed by atoms with E-state index in [4.69, 9.17) is 0 Å². The lowest BCUT2D eigenvalue weighted by Gasteiger charge is -2.25. The SMILES string of the molecule is CCCCCCCCCCCCCCCCCCN1[CH]CCCC1. The van der Waals surface area contributed by atoms with Crippen molar-refractivity contribution < 1.29 is 0 Å². The zero-order valence-corrected chi connectivity index (χ0v) is 16.9. The molecule has 1 saturated heterocycles. The van der Waals surface area contributed by atoms with Gasteiger partial charge in [-0.1, -0.05) is 110 Å². The second-order valence-corrected chi connectivity index (χ2v) is 8.02. The molecule has 0 saturated carbocycles. The number of nitrogens with zero attached hydrogens (tertiary/aromatic N) is 1. The summed E-state index contributed by atoms with van der Waals surface area (Å²) in [5.74, 6) is 0. The average Bonchev–Trinajstić information content (AvgIpc) is 2.62. The van der Waals surface area contributed by atoms with Crippen LogP contribution in [0.5, 0.6) is 0 Å². The number of rotatable bonds is 17. The monoisotopic (exact) mass is 336 g/mol. The third-order valence-corrected chi connectivity index (χ3v) is 5.59. The zero-order valence-electron chi connectivity index (χ0n) is 16.9. The Balaban J connectivity index is 1.66. The van der Waals surface area contributed by atoms with Crippen LogP contribution < -0.4 is 0 Å². The molecule has 143 valence electrons. The fraction of sp³-hybridized carbons (Fsp3) is 0.957. The molecule has 0 aromatic heterocycles. The third-order valence-electron chi connectivity index (χ3n) is 5.59. The predicted molar refractivity (Wildman–Crippen MR) is 109 cm³/mol. The summed E-state index contributed by atoms with van der Waals surface area (Å²) in [7, 11) is 0. The van der Waals surface area contributed by atoms with Gasteiger partial charge in [-0.3, -0.25) is 4.90 Å². The van der Waals surface area contributed by atoms with Crippen molar-refractivity contribution in [2.75, 3.05) is 13.1 Å². The Morgan fingerprint density at radius 1 is 0.583 bits per heavy atom. The summed E-state index contributed by atoms with van der Waals surface area (Å²) < 4.78 is 0. The van der Waals surface area contributed by atoms with Crippen molar-refractivity contribution in [2.24, 2.45) is 0 Å². The van der Waals surface area contributed by atoms with Crippen LogP contribution >= 0.6 is 0 Å². The minimum absolute atomic E-state index is 1.32. The van der Waals surface area contributed by atoms with Gasteiger partial charge in [0.1, 0.15) is 0 Å². The maximum atomic E-state index is 2.56. The van der Waals surface area contributed by atoms with E-state index in [1.807, 2.05) is 0 Å². The van der Waals surface area contributed by atoms with Gasteiger partial charge in [0.05, 0.1) is 0 Å². The minimum Gasteiger partial charge on any atom is -0.299 e. The largest absolute Gasteiger partial charge is 0.299 e. The van der Waals surface area contributed by atoms with Crippen LogP contribution in [0.25, 0.3) is 0 Å². The van der Waals surface area contributed by atoms with Gasteiger partial charge in [-0.2, -0.15) is 0 Å². The first kappa shape index (κ1) is 22.0. The highest BCUT2D eigenvalue weighted by atomic mass is 15.1. The molecule has 24 heavy (non-hydrogen) atoms. The Morgan fingerprint density at radius 2 is 1.04 bits per heavy atom. The van der Waals surface area contributed by atoms with Crippen molar-refractivity contribution in [2.45, 2.75) is 129 Å². The van der Waals surface area contributed by atoms with Crippen LogP contribution in [0, 0.1) is 6.54 Å². The zero-order chi connectivity index (χ0) is 17.1. The van der Waals surface area contributed by atoms with Gasteiger partial charge in [0.2, 0.25) is 0 Å². The summed E-state index contributed by atoms with van der Waals surface area (Å²) in [6.07, 6.45) is 27.6. The standard InChI is InChI=1S/C23H46N/c1-2-3-4-5-6-7-8-9-10-11-12-13-14-15-16-18-21-24-22-19-17-20-23-24/h22H,2-21,23H2,1H3. The molecule has 0 aromatic carbocycles. The Labute approximate surface area is 154 Å². The number of unbranched alkanes of at least 4 members (excludes halogenated alkanes) is 15. The first-order valence-corrected chi connectivity index (χ1v) is 11.5. The van der Waals surface area contributed by atoms with Crippen LogP contribution in [-0.4, -0.2) is 18.0 Å². The van der Waals surface area contributed by atoms with E-state index in [0.717, 1.165) is 0 Å². The molecule has 0 aliphatic carbocycles. The minimum atomic E-state index is 1.32. The Kier molecular flexibility index (Phi) is 16.3. The highest BCUT2D eigenvalue weighted by molar-refractivity contribution is 4.74. The summed E-state index contributed by atoms with van der Waals surface area (Å²) in [6, 6.07) is 0. The highest BCUT2D eigenvalue weighted by Crippen LogP contribution is 2.15. The van der Waals surface area contributed by atoms with Crippen molar-refractivity contribution in [3.63, 3.8) is 0 Å². The maximum absolute atomic E-state index is 2.56. The second-order valence-electron chi connectivity index (χ2n) is 8.02. The quantitative estimate of drug-likeness (QED) is 0.244. The van der Waals surface area contributed by atoms with E-state index in [1.165, 1.54) is 135 Å². The number of hydrogen-bond donors (Lipinski definition) is 0. The van der Waals surface area contributed by atoms with Crippen LogP contribution in [0.15, 0.2) is 0 Å². The molecule has 1 aliphatic heterocycles. The summed E-state index contributed by atoms with van der Waals surface area (Å²) in [5.41, 5.74) is 0. The van der Waals surface area contributed by atoms with Gasteiger partial charge in [0, 0.05) is 6.54 Å². The first-order chi connectivity index (χ1) is 11.9. The molecule has 0 unspecified atom stereocenters. The maximum Gasteiger partial charge on any atom is 0.0251 e. The highest BCUT2D eigenvalue weighted by Gasteiger charge is 2.09. The normalized spacial score (nSPS) is 15.9. The van der Waals surface area contributed by atoms with Crippen LogP contribution in [0.3, 0.4) is 0 Å². The Bertz CT molecular complexity index is 232. The fourth-order valence-electron chi connectivity index (χ4n) is 3.89. The predicted octanol–water partition coefficient (Wildman–Crippen LogP) is 7.90. The lowest BCUT2D eigenvalue weighted by molar-refractivity contribution is 0.275. The second kappa shape index (κ2) is 17.8. The van der Waals surface area contributed by atoms with Gasteiger partial charge in [-0.05, 0) is 32.4 Å². The van der Waals surface area contributed by atoms with Crippen molar-refractivity contribution >= 4 is 0 Å². The molecule has 1 rings (SSSR count). The van der Waals surface area contributed by atoms with E-state index < -0.39 is 0 Å². The Hall–Kier alpha value is -0.0400. The van der Waals surface area contributed by atoms with Gasteiger partial charge in [-0.25, -0.2) is 0 Å². The summed E-state index contributed by atoms with van der Waals surface area (Å²) in [4.78, 5) is 2.56. The van der Waals surface area contributed by atoms with Gasteiger partial charge in [0.15, 0.2) is 0 Å². The number of piperidine rings is 1. The van der Waals surface area contributed by atoms with Gasteiger partial charge < -0.3 is 0 Å². The fourth-order valence-corrected chi connectivity index (χ4v) is 3.89. The molecule has 1 radical (unpaired) electrons. The summed E-state index contributed by atoms with van der Waals surface area (Å²) in [5, 5.41) is 0. The molecule has 1 heterocycles. The lowest BCUT2D eigenvalue weighted by Crippen LogP contribution is -2.26. The van der Waals surface area contributed by atoms with E-state index in [2.05, 4.69) is 18.4 Å². The molecule has 1 heteroatoms. The van der Waals surface area contributed by atoms with Gasteiger partial charge in [0.25, 0.3) is 0 Å².